The van der Waals surface area contributed by atoms with E-state index in [1.807, 2.05) is 33.2 Å². The molecule has 1 aromatic rings. The van der Waals surface area contributed by atoms with Gasteiger partial charge in [0.2, 0.25) is 0 Å². The molecule has 0 saturated heterocycles. The number of nitrogens with zero attached hydrogens (tertiary/aromatic N) is 1. The van der Waals surface area contributed by atoms with E-state index in [-0.39, 0.29) is 0 Å². The number of nitrogen functional groups attached to an aromatic ring is 1. The summed E-state index contributed by atoms with van der Waals surface area (Å²) in [5.74, 6) is 0. The molecule has 0 unspecified atom stereocenters. The zero-order valence-corrected chi connectivity index (χ0v) is 9.14. The molecule has 3 heteroatoms. The first-order chi connectivity index (χ1) is 5.54. The molecule has 0 radical (unpaired) electrons. The van der Waals surface area contributed by atoms with Gasteiger partial charge in [0.25, 0.3) is 0 Å². The number of hydrogen-bond donors (Lipinski definition) is 1. The largest absolute Gasteiger partial charge is 0.398 e. The lowest BCUT2D eigenvalue weighted by Gasteiger charge is -2.18. The highest BCUT2D eigenvalue weighted by atomic mass is 79.9. The van der Waals surface area contributed by atoms with Gasteiger partial charge in [-0.2, -0.15) is 0 Å². The highest BCUT2D eigenvalue weighted by Crippen LogP contribution is 2.31. The Balaban J connectivity index is 3.33. The first-order valence-corrected chi connectivity index (χ1v) is 4.55. The van der Waals surface area contributed by atoms with Crippen LogP contribution in [-0.4, -0.2) is 14.1 Å². The summed E-state index contributed by atoms with van der Waals surface area (Å²) in [6.07, 6.45) is 0. The van der Waals surface area contributed by atoms with Crippen molar-refractivity contribution in [1.82, 2.24) is 0 Å². The quantitative estimate of drug-likeness (QED) is 0.749. The van der Waals surface area contributed by atoms with E-state index >= 15 is 0 Å². The SMILES string of the molecule is Cc1c(N)ccc(Br)c1N(C)C. The van der Waals surface area contributed by atoms with Gasteiger partial charge in [-0.05, 0) is 40.5 Å². The number of nitrogens with two attached hydrogens (primary N) is 1. The standard InChI is InChI=1S/C9H13BrN2/c1-6-8(11)5-4-7(10)9(6)12(2)3/h4-5H,11H2,1-3H3. The van der Waals surface area contributed by atoms with Crippen molar-refractivity contribution in [2.75, 3.05) is 24.7 Å². The van der Waals surface area contributed by atoms with Crippen molar-refractivity contribution in [3.05, 3.63) is 22.2 Å². The van der Waals surface area contributed by atoms with Gasteiger partial charge in [-0.15, -0.1) is 0 Å². The predicted molar refractivity (Wildman–Crippen MR) is 57.6 cm³/mol. The minimum Gasteiger partial charge on any atom is -0.398 e. The summed E-state index contributed by atoms with van der Waals surface area (Å²) < 4.78 is 1.08. The summed E-state index contributed by atoms with van der Waals surface area (Å²) in [6, 6.07) is 3.88. The minimum atomic E-state index is 0.835. The smallest absolute Gasteiger partial charge is 0.0555 e. The lowest BCUT2D eigenvalue weighted by molar-refractivity contribution is 1.11. The Hall–Kier alpha value is -0.700. The topological polar surface area (TPSA) is 29.3 Å². The molecule has 0 aliphatic heterocycles. The molecule has 2 N–H and O–H groups in total. The van der Waals surface area contributed by atoms with Gasteiger partial charge in [0.15, 0.2) is 0 Å². The molecule has 1 aromatic carbocycles. The van der Waals surface area contributed by atoms with Crippen LogP contribution in [-0.2, 0) is 0 Å². The van der Waals surface area contributed by atoms with E-state index < -0.39 is 0 Å². The molecule has 0 amide bonds. The summed E-state index contributed by atoms with van der Waals surface area (Å²) in [7, 11) is 4.01. The molecular weight excluding hydrogens is 216 g/mol. The van der Waals surface area contributed by atoms with Crippen LogP contribution in [0.4, 0.5) is 11.4 Å². The van der Waals surface area contributed by atoms with Crippen LogP contribution in [0.5, 0.6) is 0 Å². The van der Waals surface area contributed by atoms with Crippen molar-refractivity contribution < 1.29 is 0 Å². The maximum atomic E-state index is 5.78. The molecule has 0 saturated carbocycles. The Labute approximate surface area is 81.5 Å². The highest BCUT2D eigenvalue weighted by molar-refractivity contribution is 9.10. The van der Waals surface area contributed by atoms with Gasteiger partial charge >= 0.3 is 0 Å². The molecular formula is C9H13BrN2. The lowest BCUT2D eigenvalue weighted by Crippen LogP contribution is -2.11. The Morgan fingerprint density at radius 3 is 2.33 bits per heavy atom. The van der Waals surface area contributed by atoms with Crippen LogP contribution in [0.15, 0.2) is 16.6 Å². The zero-order chi connectivity index (χ0) is 9.30. The Morgan fingerprint density at radius 1 is 1.33 bits per heavy atom. The molecule has 66 valence electrons. The van der Waals surface area contributed by atoms with Crippen LogP contribution in [0, 0.1) is 6.92 Å². The van der Waals surface area contributed by atoms with Crippen molar-refractivity contribution in [3.8, 4) is 0 Å². The number of benzene rings is 1. The van der Waals surface area contributed by atoms with E-state index in [4.69, 9.17) is 5.73 Å². The van der Waals surface area contributed by atoms with E-state index in [1.54, 1.807) is 0 Å². The van der Waals surface area contributed by atoms with Crippen molar-refractivity contribution in [3.63, 3.8) is 0 Å². The third kappa shape index (κ3) is 1.55. The second-order valence-corrected chi connectivity index (χ2v) is 3.86. The summed E-state index contributed by atoms with van der Waals surface area (Å²) in [5, 5.41) is 0. The van der Waals surface area contributed by atoms with E-state index in [1.165, 1.54) is 0 Å². The van der Waals surface area contributed by atoms with Crippen LogP contribution >= 0.6 is 15.9 Å². The molecule has 12 heavy (non-hydrogen) atoms. The molecule has 0 fully saturated rings. The zero-order valence-electron chi connectivity index (χ0n) is 7.56. The molecule has 2 nitrogen and oxygen atoms in total. The summed E-state index contributed by atoms with van der Waals surface area (Å²) in [6.45, 7) is 2.02. The van der Waals surface area contributed by atoms with Gasteiger partial charge in [0.1, 0.15) is 0 Å². The first-order valence-electron chi connectivity index (χ1n) is 3.76. The van der Waals surface area contributed by atoms with E-state index in [2.05, 4.69) is 20.8 Å². The molecule has 0 heterocycles. The van der Waals surface area contributed by atoms with E-state index in [0.717, 1.165) is 21.4 Å². The van der Waals surface area contributed by atoms with Gasteiger partial charge in [-0.3, -0.25) is 0 Å². The summed E-state index contributed by atoms with van der Waals surface area (Å²) in [5.41, 5.74) is 8.88. The summed E-state index contributed by atoms with van der Waals surface area (Å²) in [4.78, 5) is 2.05. The van der Waals surface area contributed by atoms with E-state index in [0.29, 0.717) is 0 Å². The van der Waals surface area contributed by atoms with Crippen molar-refractivity contribution in [2.45, 2.75) is 6.92 Å². The molecule has 1 rings (SSSR count). The van der Waals surface area contributed by atoms with Crippen molar-refractivity contribution in [2.24, 2.45) is 0 Å². The number of halogens is 1. The maximum Gasteiger partial charge on any atom is 0.0555 e. The van der Waals surface area contributed by atoms with Crippen LogP contribution in [0.25, 0.3) is 0 Å². The molecule has 0 aliphatic rings. The minimum absolute atomic E-state index is 0.835. The van der Waals surface area contributed by atoms with Crippen molar-refractivity contribution in [1.29, 1.82) is 0 Å². The molecule has 0 atom stereocenters. The average Bonchev–Trinajstić information content (AvgIpc) is 1.97. The molecule has 0 aliphatic carbocycles. The highest BCUT2D eigenvalue weighted by Gasteiger charge is 2.07. The maximum absolute atomic E-state index is 5.78. The third-order valence-electron chi connectivity index (χ3n) is 1.87. The number of anilines is 2. The normalized spacial score (nSPS) is 10.0. The van der Waals surface area contributed by atoms with Gasteiger partial charge < -0.3 is 10.6 Å². The van der Waals surface area contributed by atoms with Gasteiger partial charge in [-0.1, -0.05) is 0 Å². The van der Waals surface area contributed by atoms with Gasteiger partial charge in [0.05, 0.1) is 5.69 Å². The van der Waals surface area contributed by atoms with Crippen LogP contribution < -0.4 is 10.6 Å². The molecule has 0 spiro atoms. The third-order valence-corrected chi connectivity index (χ3v) is 2.51. The van der Waals surface area contributed by atoms with Gasteiger partial charge in [0, 0.05) is 24.3 Å². The Kier molecular flexibility index (Phi) is 2.62. The second kappa shape index (κ2) is 3.35. The fourth-order valence-electron chi connectivity index (χ4n) is 1.23. The van der Waals surface area contributed by atoms with Gasteiger partial charge in [-0.25, -0.2) is 0 Å². The van der Waals surface area contributed by atoms with Crippen LogP contribution in [0.3, 0.4) is 0 Å². The monoisotopic (exact) mass is 228 g/mol. The Bertz CT molecular complexity index is 295. The molecule has 0 bridgehead atoms. The molecule has 0 aromatic heterocycles. The van der Waals surface area contributed by atoms with Crippen LogP contribution in [0.1, 0.15) is 5.56 Å². The Morgan fingerprint density at radius 2 is 1.92 bits per heavy atom. The second-order valence-electron chi connectivity index (χ2n) is 3.00. The van der Waals surface area contributed by atoms with Crippen LogP contribution in [0.2, 0.25) is 0 Å². The predicted octanol–water partition coefficient (Wildman–Crippen LogP) is 2.41. The van der Waals surface area contributed by atoms with E-state index in [9.17, 15) is 0 Å². The lowest BCUT2D eigenvalue weighted by atomic mass is 10.1. The fourth-order valence-corrected chi connectivity index (χ4v) is 2.02. The number of hydrogen-bond acceptors (Lipinski definition) is 2. The first kappa shape index (κ1) is 9.39. The fraction of sp³-hybridized carbons (Fsp3) is 0.333. The van der Waals surface area contributed by atoms with Crippen molar-refractivity contribution >= 4 is 27.3 Å². The summed E-state index contributed by atoms with van der Waals surface area (Å²) >= 11 is 3.48. The average molecular weight is 229 g/mol. The number of rotatable bonds is 1.